The Bertz CT molecular complexity index is 102. The highest BCUT2D eigenvalue weighted by molar-refractivity contribution is 5.64. The highest BCUT2D eigenvalue weighted by Gasteiger charge is 2.21. The van der Waals surface area contributed by atoms with Crippen molar-refractivity contribution in [3.63, 3.8) is 0 Å². The van der Waals surface area contributed by atoms with Crippen LogP contribution < -0.4 is 5.43 Å². The van der Waals surface area contributed by atoms with Gasteiger partial charge in [0.15, 0.2) is 0 Å². The van der Waals surface area contributed by atoms with Crippen molar-refractivity contribution in [3.8, 4) is 0 Å². The second-order valence-electron chi connectivity index (χ2n) is 1.40. The largest absolute Gasteiger partial charge is 0.304 e. The monoisotopic (exact) mass is 118 g/mol. The molecule has 0 aliphatic carbocycles. The lowest BCUT2D eigenvalue weighted by Gasteiger charge is -1.98. The molecule has 1 aliphatic rings. The maximum Gasteiger partial charge on any atom is 0.249 e. The molecule has 0 saturated heterocycles. The average Bonchev–Trinajstić information content (AvgIpc) is 2.12. The average molecular weight is 118 g/mol. The van der Waals surface area contributed by atoms with Gasteiger partial charge in [0.05, 0.1) is 18.7 Å². The van der Waals surface area contributed by atoms with Crippen molar-refractivity contribution >= 4 is 6.21 Å². The summed E-state index contributed by atoms with van der Waals surface area (Å²) in [6.07, 6.45) is -0.216. The summed E-state index contributed by atoms with van der Waals surface area (Å²) < 4.78 is 23.1. The van der Waals surface area contributed by atoms with E-state index in [-0.39, 0.29) is 0 Å². The van der Waals surface area contributed by atoms with E-state index in [4.69, 9.17) is 0 Å². The second kappa shape index (κ2) is 2.07. The summed E-state index contributed by atoms with van der Waals surface area (Å²) in [5.74, 6) is -0.921. The quantitative estimate of drug-likeness (QED) is 0.532. The van der Waals surface area contributed by atoms with Gasteiger partial charge in [-0.2, -0.15) is 5.10 Å². The van der Waals surface area contributed by atoms with Crippen molar-refractivity contribution in [1.29, 1.82) is 0 Å². The molecule has 2 nitrogen and oxygen atoms in total. The van der Waals surface area contributed by atoms with Gasteiger partial charge in [0.25, 0.3) is 0 Å². The fraction of sp³-hybridized carbons (Fsp3) is 0.500. The minimum Gasteiger partial charge on any atom is -0.304 e. The van der Waals surface area contributed by atoms with E-state index in [0.29, 0.717) is 0 Å². The Morgan fingerprint density at radius 1 is 1.75 bits per heavy atom. The van der Waals surface area contributed by atoms with E-state index in [1.54, 1.807) is 0 Å². The Morgan fingerprint density at radius 3 is 2.75 bits per heavy atom. The van der Waals surface area contributed by atoms with Crippen molar-refractivity contribution < 1.29 is 8.78 Å². The van der Waals surface area contributed by atoms with E-state index in [0.717, 1.165) is 0 Å². The summed E-state index contributed by atoms with van der Waals surface area (Å²) in [7, 11) is 0. The minimum atomic E-state index is -2.38. The fourth-order valence-electron chi connectivity index (χ4n) is 0.396. The molecule has 1 heterocycles. The number of hydrazone groups is 1. The van der Waals surface area contributed by atoms with Crippen LogP contribution in [0.3, 0.4) is 0 Å². The Kier molecular flexibility index (Phi) is 1.41. The molecule has 4 heteroatoms. The molecule has 44 valence electrons. The SMILES string of the molecule is FC(F)C1[C]=NN[CH]1. The molecule has 1 atom stereocenters. The van der Waals surface area contributed by atoms with E-state index < -0.39 is 12.3 Å². The number of hydrogen-bond acceptors (Lipinski definition) is 2. The third-order valence-corrected chi connectivity index (χ3v) is 0.804. The molecule has 0 spiro atoms. The zero-order chi connectivity index (χ0) is 5.98. The standard InChI is InChI=1S/C4H4F2N2/c5-4(6)3-1-7-8-2-3/h1,3-4,7H. The number of nitrogens with one attached hydrogen (secondary N) is 1. The van der Waals surface area contributed by atoms with Gasteiger partial charge in [0.1, 0.15) is 0 Å². The molecule has 0 bridgehead atoms. The lowest BCUT2D eigenvalue weighted by atomic mass is 10.2. The molecule has 0 amide bonds. The molecule has 1 unspecified atom stereocenters. The molecule has 0 aromatic rings. The van der Waals surface area contributed by atoms with Gasteiger partial charge in [0.2, 0.25) is 6.43 Å². The van der Waals surface area contributed by atoms with Crippen LogP contribution in [0, 0.1) is 12.5 Å². The first kappa shape index (κ1) is 5.47. The Labute approximate surface area is 45.6 Å². The van der Waals surface area contributed by atoms with Crippen LogP contribution in [0.1, 0.15) is 0 Å². The highest BCUT2D eigenvalue weighted by atomic mass is 19.3. The van der Waals surface area contributed by atoms with Gasteiger partial charge in [-0.25, -0.2) is 8.78 Å². The maximum absolute atomic E-state index is 11.5. The first-order chi connectivity index (χ1) is 3.80. The lowest BCUT2D eigenvalue weighted by molar-refractivity contribution is 0.123. The van der Waals surface area contributed by atoms with E-state index >= 15 is 0 Å². The van der Waals surface area contributed by atoms with Crippen LogP contribution >= 0.6 is 0 Å². The zero-order valence-electron chi connectivity index (χ0n) is 3.94. The van der Waals surface area contributed by atoms with Crippen molar-refractivity contribution in [2.75, 3.05) is 0 Å². The Morgan fingerprint density at radius 2 is 2.50 bits per heavy atom. The third-order valence-electron chi connectivity index (χ3n) is 0.804. The number of halogens is 2. The van der Waals surface area contributed by atoms with E-state index in [1.165, 1.54) is 6.54 Å². The number of hydrogen-bond donors (Lipinski definition) is 1. The molecular formula is C4H4F2N2. The summed E-state index contributed by atoms with van der Waals surface area (Å²) in [4.78, 5) is 0. The van der Waals surface area contributed by atoms with Crippen molar-refractivity contribution in [3.05, 3.63) is 6.54 Å². The van der Waals surface area contributed by atoms with Gasteiger partial charge < -0.3 is 5.43 Å². The normalized spacial score (nSPS) is 26.6. The van der Waals surface area contributed by atoms with Gasteiger partial charge in [-0.15, -0.1) is 0 Å². The van der Waals surface area contributed by atoms with Crippen LogP contribution in [0.25, 0.3) is 0 Å². The van der Waals surface area contributed by atoms with Crippen molar-refractivity contribution in [2.24, 2.45) is 11.0 Å². The maximum atomic E-state index is 11.5. The van der Waals surface area contributed by atoms with Crippen LogP contribution in [0.5, 0.6) is 0 Å². The Balaban J connectivity index is 2.36. The Hall–Kier alpha value is -0.670. The van der Waals surface area contributed by atoms with Gasteiger partial charge in [0, 0.05) is 0 Å². The molecule has 1 rings (SSSR count). The van der Waals surface area contributed by atoms with Gasteiger partial charge in [-0.3, -0.25) is 0 Å². The first-order valence-electron chi connectivity index (χ1n) is 2.13. The summed E-state index contributed by atoms with van der Waals surface area (Å²) >= 11 is 0. The molecule has 8 heavy (non-hydrogen) atoms. The lowest BCUT2D eigenvalue weighted by Crippen LogP contribution is -2.12. The number of rotatable bonds is 1. The first-order valence-corrected chi connectivity index (χ1v) is 2.13. The third kappa shape index (κ3) is 0.936. The van der Waals surface area contributed by atoms with Gasteiger partial charge in [-0.1, -0.05) is 0 Å². The molecule has 2 radical (unpaired) electrons. The fourth-order valence-corrected chi connectivity index (χ4v) is 0.396. The summed E-state index contributed by atoms with van der Waals surface area (Å²) in [6, 6.07) is 0. The van der Waals surface area contributed by atoms with Crippen LogP contribution in [-0.2, 0) is 0 Å². The molecule has 0 fully saturated rings. The van der Waals surface area contributed by atoms with Crippen LogP contribution in [0.2, 0.25) is 0 Å². The van der Waals surface area contributed by atoms with Crippen LogP contribution in [-0.4, -0.2) is 12.6 Å². The van der Waals surface area contributed by atoms with E-state index in [1.807, 2.05) is 0 Å². The number of nitrogens with zero attached hydrogens (tertiary/aromatic N) is 1. The van der Waals surface area contributed by atoms with Crippen LogP contribution in [0.4, 0.5) is 8.78 Å². The topological polar surface area (TPSA) is 24.4 Å². The molecule has 0 aromatic carbocycles. The van der Waals surface area contributed by atoms with Crippen molar-refractivity contribution in [1.82, 2.24) is 5.43 Å². The second-order valence-corrected chi connectivity index (χ2v) is 1.40. The van der Waals surface area contributed by atoms with Gasteiger partial charge >= 0.3 is 0 Å². The smallest absolute Gasteiger partial charge is 0.249 e. The van der Waals surface area contributed by atoms with E-state index in [9.17, 15) is 8.78 Å². The highest BCUT2D eigenvalue weighted by Crippen LogP contribution is 2.11. The summed E-state index contributed by atoms with van der Waals surface area (Å²) in [6.45, 7) is 1.20. The van der Waals surface area contributed by atoms with Crippen LogP contribution in [0.15, 0.2) is 5.10 Å². The molecule has 0 aromatic heterocycles. The minimum absolute atomic E-state index is 0.921. The summed E-state index contributed by atoms with van der Waals surface area (Å²) in [5, 5.41) is 3.25. The molecule has 0 saturated carbocycles. The van der Waals surface area contributed by atoms with Gasteiger partial charge in [-0.05, 0) is 0 Å². The number of alkyl halides is 2. The van der Waals surface area contributed by atoms with Crippen molar-refractivity contribution in [2.45, 2.75) is 6.43 Å². The molecule has 1 aliphatic heterocycles. The predicted molar refractivity (Wildman–Crippen MR) is 24.4 cm³/mol. The predicted octanol–water partition coefficient (Wildman–Crippen LogP) is 0.495. The summed E-state index contributed by atoms with van der Waals surface area (Å²) in [5.41, 5.74) is 2.26. The van der Waals surface area contributed by atoms with E-state index in [2.05, 4.69) is 16.7 Å². The molecule has 1 N–H and O–H groups in total. The zero-order valence-corrected chi connectivity index (χ0v) is 3.94. The molecular weight excluding hydrogens is 114 g/mol.